The Balaban J connectivity index is 1.66. The van der Waals surface area contributed by atoms with Gasteiger partial charge in [-0.2, -0.15) is 4.98 Å². The molecule has 28 heavy (non-hydrogen) atoms. The van der Waals surface area contributed by atoms with Crippen LogP contribution in [0.5, 0.6) is 0 Å². The van der Waals surface area contributed by atoms with Gasteiger partial charge in [0.25, 0.3) is 0 Å². The summed E-state index contributed by atoms with van der Waals surface area (Å²) >= 11 is 3.53. The van der Waals surface area contributed by atoms with E-state index in [-0.39, 0.29) is 0 Å². The van der Waals surface area contributed by atoms with Gasteiger partial charge in [-0.3, -0.25) is 0 Å². The number of hydrogen-bond donors (Lipinski definition) is 2. The first kappa shape index (κ1) is 18.9. The second kappa shape index (κ2) is 8.74. The molecule has 0 spiro atoms. The Kier molecular flexibility index (Phi) is 5.91. The lowest BCUT2D eigenvalue weighted by Crippen LogP contribution is -2.23. The van der Waals surface area contributed by atoms with Gasteiger partial charge in [0.15, 0.2) is 0 Å². The molecule has 0 amide bonds. The minimum atomic E-state index is 0.460. The first-order valence-corrected chi connectivity index (χ1v) is 10.7. The number of nitrogens with zero attached hydrogens (tertiary/aromatic N) is 2. The van der Waals surface area contributed by atoms with Crippen molar-refractivity contribution in [2.45, 2.75) is 45.1 Å². The second-order valence-electron chi connectivity index (χ2n) is 7.39. The number of halogens is 1. The number of rotatable bonds is 5. The molecule has 2 N–H and O–H groups in total. The van der Waals surface area contributed by atoms with E-state index in [1.165, 1.54) is 32.1 Å². The highest BCUT2D eigenvalue weighted by Gasteiger charge is 2.16. The van der Waals surface area contributed by atoms with Crippen LogP contribution in [0.2, 0.25) is 0 Å². The van der Waals surface area contributed by atoms with Crippen molar-refractivity contribution in [3.63, 3.8) is 0 Å². The van der Waals surface area contributed by atoms with E-state index in [2.05, 4.69) is 57.8 Å². The summed E-state index contributed by atoms with van der Waals surface area (Å²) in [5.74, 6) is 1.50. The molecule has 1 saturated carbocycles. The van der Waals surface area contributed by atoms with Gasteiger partial charge in [-0.05, 0) is 43.5 Å². The quantitative estimate of drug-likeness (QED) is 0.466. The molecule has 0 radical (unpaired) electrons. The number of aromatic nitrogens is 2. The van der Waals surface area contributed by atoms with Crippen LogP contribution in [0.4, 0.5) is 17.5 Å². The molecule has 0 unspecified atom stereocenters. The van der Waals surface area contributed by atoms with E-state index in [1.54, 1.807) is 0 Å². The van der Waals surface area contributed by atoms with Crippen molar-refractivity contribution >= 4 is 33.4 Å². The van der Waals surface area contributed by atoms with Gasteiger partial charge in [-0.25, -0.2) is 4.98 Å². The fraction of sp³-hybridized carbons (Fsp3) is 0.304. The number of aryl methyl sites for hydroxylation is 1. The smallest absolute Gasteiger partial charge is 0.225 e. The van der Waals surface area contributed by atoms with Gasteiger partial charge in [-0.15, -0.1) is 0 Å². The summed E-state index contributed by atoms with van der Waals surface area (Å²) in [6.45, 7) is 2.09. The van der Waals surface area contributed by atoms with Gasteiger partial charge in [0.1, 0.15) is 5.82 Å². The van der Waals surface area contributed by atoms with Gasteiger partial charge in [-0.1, -0.05) is 65.5 Å². The zero-order chi connectivity index (χ0) is 19.3. The van der Waals surface area contributed by atoms with Crippen molar-refractivity contribution in [1.82, 2.24) is 9.97 Å². The summed E-state index contributed by atoms with van der Waals surface area (Å²) in [5.41, 5.74) is 4.22. The van der Waals surface area contributed by atoms with Crippen molar-refractivity contribution in [1.29, 1.82) is 0 Å². The molecule has 4 rings (SSSR count). The topological polar surface area (TPSA) is 49.8 Å². The average molecular weight is 437 g/mol. The van der Waals surface area contributed by atoms with E-state index in [9.17, 15) is 0 Å². The zero-order valence-electron chi connectivity index (χ0n) is 16.1. The minimum Gasteiger partial charge on any atom is -0.351 e. The maximum Gasteiger partial charge on any atom is 0.225 e. The molecule has 4 nitrogen and oxygen atoms in total. The van der Waals surface area contributed by atoms with E-state index in [0.29, 0.717) is 12.0 Å². The van der Waals surface area contributed by atoms with Gasteiger partial charge in [0, 0.05) is 27.8 Å². The Morgan fingerprint density at radius 3 is 2.46 bits per heavy atom. The molecule has 1 aromatic heterocycles. The second-order valence-corrected chi connectivity index (χ2v) is 8.31. The van der Waals surface area contributed by atoms with Crippen LogP contribution in [-0.2, 0) is 0 Å². The SMILES string of the molecule is Cc1cc(Br)ccc1Nc1cc(-c2ccccc2)nc(NC2CCCCC2)n1. The van der Waals surface area contributed by atoms with E-state index < -0.39 is 0 Å². The lowest BCUT2D eigenvalue weighted by molar-refractivity contribution is 0.461. The molecule has 2 aromatic carbocycles. The molecule has 5 heteroatoms. The standard InChI is InChI=1S/C23H25BrN4/c1-16-14-18(24)12-13-20(16)26-22-15-21(17-8-4-2-5-9-17)27-23(28-22)25-19-10-6-3-7-11-19/h2,4-5,8-9,12-15,19H,3,6-7,10-11H2,1H3,(H2,25,26,27,28). The number of hydrogen-bond acceptors (Lipinski definition) is 4. The first-order chi connectivity index (χ1) is 13.7. The first-order valence-electron chi connectivity index (χ1n) is 9.91. The number of benzene rings is 2. The monoisotopic (exact) mass is 436 g/mol. The summed E-state index contributed by atoms with van der Waals surface area (Å²) in [7, 11) is 0. The largest absolute Gasteiger partial charge is 0.351 e. The summed E-state index contributed by atoms with van der Waals surface area (Å²) in [5, 5.41) is 7.05. The fourth-order valence-corrected chi connectivity index (χ4v) is 4.14. The maximum absolute atomic E-state index is 4.81. The highest BCUT2D eigenvalue weighted by molar-refractivity contribution is 9.10. The molecule has 0 bridgehead atoms. The lowest BCUT2D eigenvalue weighted by atomic mass is 9.96. The van der Waals surface area contributed by atoms with Gasteiger partial charge in [0.05, 0.1) is 5.69 Å². The summed E-state index contributed by atoms with van der Waals surface area (Å²) in [6.07, 6.45) is 6.26. The van der Waals surface area contributed by atoms with Crippen molar-refractivity contribution < 1.29 is 0 Å². The van der Waals surface area contributed by atoms with Crippen LogP contribution >= 0.6 is 15.9 Å². The molecule has 1 fully saturated rings. The summed E-state index contributed by atoms with van der Waals surface area (Å²) in [4.78, 5) is 9.57. The summed E-state index contributed by atoms with van der Waals surface area (Å²) < 4.78 is 1.07. The van der Waals surface area contributed by atoms with Crippen molar-refractivity contribution in [3.05, 3.63) is 64.6 Å². The molecular formula is C23H25BrN4. The third-order valence-electron chi connectivity index (χ3n) is 5.19. The van der Waals surface area contributed by atoms with Crippen molar-refractivity contribution in [3.8, 4) is 11.3 Å². The summed E-state index contributed by atoms with van der Waals surface area (Å²) in [6, 6.07) is 19.0. The average Bonchev–Trinajstić information content (AvgIpc) is 2.71. The van der Waals surface area contributed by atoms with Crippen LogP contribution in [0.1, 0.15) is 37.7 Å². The van der Waals surface area contributed by atoms with E-state index in [0.717, 1.165) is 32.8 Å². The Hall–Kier alpha value is -2.40. The highest BCUT2D eigenvalue weighted by Crippen LogP contribution is 2.28. The van der Waals surface area contributed by atoms with Gasteiger partial charge >= 0.3 is 0 Å². The molecule has 1 aliphatic carbocycles. The Bertz CT molecular complexity index is 937. The van der Waals surface area contributed by atoms with Crippen LogP contribution in [0, 0.1) is 6.92 Å². The molecule has 1 aliphatic rings. The van der Waals surface area contributed by atoms with Crippen molar-refractivity contribution in [2.24, 2.45) is 0 Å². The number of anilines is 3. The predicted octanol–water partition coefficient (Wildman–Crippen LogP) is 6.70. The zero-order valence-corrected chi connectivity index (χ0v) is 17.7. The van der Waals surface area contributed by atoms with E-state index >= 15 is 0 Å². The molecule has 0 saturated heterocycles. The molecular weight excluding hydrogens is 412 g/mol. The molecule has 1 heterocycles. The highest BCUT2D eigenvalue weighted by atomic mass is 79.9. The normalized spacial score (nSPS) is 14.6. The van der Waals surface area contributed by atoms with Crippen molar-refractivity contribution in [2.75, 3.05) is 10.6 Å². The Morgan fingerprint density at radius 2 is 1.71 bits per heavy atom. The fourth-order valence-electron chi connectivity index (χ4n) is 3.67. The maximum atomic E-state index is 4.81. The lowest BCUT2D eigenvalue weighted by Gasteiger charge is -2.23. The third kappa shape index (κ3) is 4.71. The molecule has 0 aliphatic heterocycles. The number of nitrogens with one attached hydrogen (secondary N) is 2. The Labute approximate surface area is 175 Å². The van der Waals surface area contributed by atoms with Gasteiger partial charge in [0.2, 0.25) is 5.95 Å². The molecule has 0 atom stereocenters. The van der Waals surface area contributed by atoms with Crippen LogP contribution in [0.15, 0.2) is 59.1 Å². The van der Waals surface area contributed by atoms with Crippen LogP contribution in [-0.4, -0.2) is 16.0 Å². The van der Waals surface area contributed by atoms with Crippen LogP contribution < -0.4 is 10.6 Å². The van der Waals surface area contributed by atoms with Gasteiger partial charge < -0.3 is 10.6 Å². The van der Waals surface area contributed by atoms with Crippen LogP contribution in [0.3, 0.4) is 0 Å². The van der Waals surface area contributed by atoms with E-state index in [4.69, 9.17) is 9.97 Å². The Morgan fingerprint density at radius 1 is 0.929 bits per heavy atom. The molecule has 144 valence electrons. The minimum absolute atomic E-state index is 0.460. The van der Waals surface area contributed by atoms with Crippen LogP contribution in [0.25, 0.3) is 11.3 Å². The third-order valence-corrected chi connectivity index (χ3v) is 5.68. The van der Waals surface area contributed by atoms with E-state index in [1.807, 2.05) is 30.3 Å². The predicted molar refractivity (Wildman–Crippen MR) is 120 cm³/mol. The molecule has 3 aromatic rings.